The minimum Gasteiger partial charge on any atom is -0.457 e. The second kappa shape index (κ2) is 8.78. The van der Waals surface area contributed by atoms with Crippen LogP contribution in [0.5, 0.6) is 0 Å². The highest BCUT2D eigenvalue weighted by Crippen LogP contribution is 2.33. The summed E-state index contributed by atoms with van der Waals surface area (Å²) in [5.74, 6) is 0.260. The third-order valence-electron chi connectivity index (χ3n) is 7.01. The van der Waals surface area contributed by atoms with Crippen LogP contribution in [0.3, 0.4) is 0 Å². The smallest absolute Gasteiger partial charge is 0.338 e. The molecule has 0 spiro atoms. The Hall–Kier alpha value is -3.77. The zero-order valence-electron chi connectivity index (χ0n) is 19.2. The molecule has 3 aromatic rings. The van der Waals surface area contributed by atoms with Crippen LogP contribution >= 0.6 is 0 Å². The second-order valence-electron chi connectivity index (χ2n) is 8.99. The summed E-state index contributed by atoms with van der Waals surface area (Å²) in [4.78, 5) is 37.7. The van der Waals surface area contributed by atoms with Gasteiger partial charge in [0.2, 0.25) is 5.91 Å². The van der Waals surface area contributed by atoms with Crippen LogP contribution in [0.4, 0.5) is 0 Å². The molecule has 12 nitrogen and oxygen atoms in total. The topological polar surface area (TPSA) is 128 Å². The van der Waals surface area contributed by atoms with Gasteiger partial charge in [0.25, 0.3) is 0 Å². The Morgan fingerprint density at radius 1 is 1.17 bits per heavy atom. The van der Waals surface area contributed by atoms with Crippen molar-refractivity contribution in [1.82, 2.24) is 40.0 Å². The number of benzene rings is 1. The van der Waals surface area contributed by atoms with E-state index < -0.39 is 0 Å². The van der Waals surface area contributed by atoms with Crippen LogP contribution < -0.4 is 0 Å². The molecule has 180 valence electrons. The number of nitrogens with zero attached hydrogens (tertiary/aromatic N) is 8. The molecule has 2 saturated heterocycles. The highest BCUT2D eigenvalue weighted by Gasteiger charge is 2.37. The van der Waals surface area contributed by atoms with Crippen LogP contribution in [-0.4, -0.2) is 90.7 Å². The van der Waals surface area contributed by atoms with Crippen molar-refractivity contribution in [2.45, 2.75) is 32.1 Å². The van der Waals surface area contributed by atoms with Crippen LogP contribution in [0.25, 0.3) is 5.82 Å². The van der Waals surface area contributed by atoms with Crippen LogP contribution in [-0.2, 0) is 27.3 Å². The summed E-state index contributed by atoms with van der Waals surface area (Å²) >= 11 is 0. The van der Waals surface area contributed by atoms with Gasteiger partial charge in [0, 0.05) is 31.7 Å². The number of rotatable bonds is 4. The molecule has 2 atom stereocenters. The van der Waals surface area contributed by atoms with Gasteiger partial charge < -0.3 is 14.4 Å². The van der Waals surface area contributed by atoms with E-state index in [4.69, 9.17) is 9.47 Å². The normalized spacial score (nSPS) is 22.0. The van der Waals surface area contributed by atoms with Crippen LogP contribution in [0, 0.1) is 6.92 Å². The Morgan fingerprint density at radius 3 is 2.89 bits per heavy atom. The Bertz CT molecular complexity index is 1260. The van der Waals surface area contributed by atoms with Crippen molar-refractivity contribution in [3.63, 3.8) is 0 Å². The number of cyclic esters (lactones) is 1. The summed E-state index contributed by atoms with van der Waals surface area (Å²) in [5, 5.41) is 10.9. The molecule has 0 saturated carbocycles. The molecule has 0 radical (unpaired) electrons. The number of esters is 1. The number of ether oxygens (including phenoxy) is 2. The van der Waals surface area contributed by atoms with Gasteiger partial charge in [0.05, 0.1) is 48.8 Å². The van der Waals surface area contributed by atoms with E-state index in [2.05, 4.69) is 30.4 Å². The number of hydrogen-bond acceptors (Lipinski definition) is 10. The number of carbonyl (C=O) groups excluding carboxylic acids is 2. The molecule has 1 aromatic carbocycles. The Morgan fingerprint density at radius 2 is 2.09 bits per heavy atom. The first-order chi connectivity index (χ1) is 17.1. The number of amides is 1. The predicted octanol–water partition coefficient (Wildman–Crippen LogP) is 0.258. The van der Waals surface area contributed by atoms with Gasteiger partial charge in [-0.3, -0.25) is 14.7 Å². The molecule has 12 heteroatoms. The maximum Gasteiger partial charge on any atom is 0.338 e. The lowest BCUT2D eigenvalue weighted by Crippen LogP contribution is -2.59. The number of aromatic nitrogens is 6. The van der Waals surface area contributed by atoms with E-state index in [-0.39, 0.29) is 30.4 Å². The lowest BCUT2D eigenvalue weighted by Gasteiger charge is -2.46. The standard InChI is InChI=1S/C23H24N8O4/c1-14-17(2-3-18-19(14)12-35-23(18)33)20-10-29-4-5-30(9-16(29)11-34-20)22(32)6-15-7-25-21(8-24-15)31-13-26-27-28-31/h2-3,7-8,13,16,20H,4-6,9-12H2,1H3. The number of fused-ring (bicyclic) bond motifs is 2. The third kappa shape index (κ3) is 4.04. The molecular weight excluding hydrogens is 452 g/mol. The summed E-state index contributed by atoms with van der Waals surface area (Å²) in [6, 6.07) is 3.98. The van der Waals surface area contributed by atoms with Gasteiger partial charge >= 0.3 is 5.97 Å². The molecule has 0 N–H and O–H groups in total. The fourth-order valence-corrected chi connectivity index (χ4v) is 5.01. The van der Waals surface area contributed by atoms with Gasteiger partial charge in [-0.25, -0.2) is 9.78 Å². The summed E-state index contributed by atoms with van der Waals surface area (Å²) in [7, 11) is 0. The Balaban J connectivity index is 1.07. The van der Waals surface area contributed by atoms with E-state index >= 15 is 0 Å². The number of carbonyl (C=O) groups is 2. The van der Waals surface area contributed by atoms with Crippen LogP contribution in [0.15, 0.2) is 30.9 Å². The maximum absolute atomic E-state index is 12.9. The summed E-state index contributed by atoms with van der Waals surface area (Å²) in [6.45, 7) is 5.71. The van der Waals surface area contributed by atoms with Crippen molar-refractivity contribution < 1.29 is 19.1 Å². The highest BCUT2D eigenvalue weighted by molar-refractivity contribution is 5.94. The molecular formula is C23H24N8O4. The van der Waals surface area contributed by atoms with Crippen molar-refractivity contribution >= 4 is 11.9 Å². The van der Waals surface area contributed by atoms with Gasteiger partial charge in [-0.1, -0.05) is 6.07 Å². The van der Waals surface area contributed by atoms with E-state index in [1.807, 2.05) is 24.0 Å². The minimum absolute atomic E-state index is 0.0235. The van der Waals surface area contributed by atoms with Crippen LogP contribution in [0.1, 0.15) is 38.8 Å². The van der Waals surface area contributed by atoms with E-state index in [1.54, 1.807) is 12.4 Å². The lowest BCUT2D eigenvalue weighted by atomic mass is 9.94. The largest absolute Gasteiger partial charge is 0.457 e. The van der Waals surface area contributed by atoms with E-state index in [0.717, 1.165) is 29.8 Å². The predicted molar refractivity (Wildman–Crippen MR) is 119 cm³/mol. The monoisotopic (exact) mass is 476 g/mol. The van der Waals surface area contributed by atoms with E-state index in [0.29, 0.717) is 43.4 Å². The fraction of sp³-hybridized carbons (Fsp3) is 0.435. The van der Waals surface area contributed by atoms with Crippen molar-refractivity contribution in [2.75, 3.05) is 32.8 Å². The molecule has 0 aliphatic carbocycles. The van der Waals surface area contributed by atoms with Gasteiger partial charge in [-0.2, -0.15) is 4.68 Å². The Kier molecular flexibility index (Phi) is 5.46. The van der Waals surface area contributed by atoms with Gasteiger partial charge in [0.15, 0.2) is 5.82 Å². The first-order valence-corrected chi connectivity index (χ1v) is 11.5. The average molecular weight is 476 g/mol. The van der Waals surface area contributed by atoms with Crippen molar-refractivity contribution in [3.05, 3.63) is 58.8 Å². The number of morpholine rings is 1. The lowest BCUT2D eigenvalue weighted by molar-refractivity contribution is -0.139. The van der Waals surface area contributed by atoms with Gasteiger partial charge in [-0.15, -0.1) is 5.10 Å². The minimum atomic E-state index is -0.255. The zero-order chi connectivity index (χ0) is 23.9. The molecule has 6 rings (SSSR count). The second-order valence-corrected chi connectivity index (χ2v) is 8.99. The molecule has 3 aliphatic rings. The van der Waals surface area contributed by atoms with Crippen LogP contribution in [0.2, 0.25) is 0 Å². The molecule has 0 bridgehead atoms. The maximum atomic E-state index is 12.9. The summed E-state index contributed by atoms with van der Waals surface area (Å²) in [6.07, 6.45) is 4.69. The Labute approximate surface area is 200 Å². The zero-order valence-corrected chi connectivity index (χ0v) is 19.2. The third-order valence-corrected chi connectivity index (χ3v) is 7.01. The number of hydrogen-bond donors (Lipinski definition) is 0. The first-order valence-electron chi connectivity index (χ1n) is 11.5. The molecule has 2 fully saturated rings. The summed E-state index contributed by atoms with van der Waals surface area (Å²) in [5.41, 5.74) is 4.38. The number of tetrazole rings is 1. The first kappa shape index (κ1) is 21.7. The van der Waals surface area contributed by atoms with Crippen molar-refractivity contribution in [2.24, 2.45) is 0 Å². The van der Waals surface area contributed by atoms with Gasteiger partial charge in [0.1, 0.15) is 12.9 Å². The highest BCUT2D eigenvalue weighted by atomic mass is 16.5. The number of piperazine rings is 1. The van der Waals surface area contributed by atoms with Crippen molar-refractivity contribution in [1.29, 1.82) is 0 Å². The SMILES string of the molecule is Cc1c(C2CN3CCN(C(=O)Cc4cnc(-n5cnnn5)cn4)CC3CO2)ccc2c1COC2=O. The summed E-state index contributed by atoms with van der Waals surface area (Å²) < 4.78 is 12.8. The van der Waals surface area contributed by atoms with E-state index in [1.165, 1.54) is 11.0 Å². The van der Waals surface area contributed by atoms with Crippen molar-refractivity contribution in [3.8, 4) is 5.82 Å². The molecule has 35 heavy (non-hydrogen) atoms. The molecule has 2 unspecified atom stereocenters. The molecule has 3 aliphatic heterocycles. The average Bonchev–Trinajstić information content (AvgIpc) is 3.55. The van der Waals surface area contributed by atoms with E-state index in [9.17, 15) is 9.59 Å². The fourth-order valence-electron chi connectivity index (χ4n) is 5.01. The molecule has 5 heterocycles. The quantitative estimate of drug-likeness (QED) is 0.484. The molecule has 1 amide bonds. The van der Waals surface area contributed by atoms with Gasteiger partial charge in [-0.05, 0) is 34.5 Å². The molecule has 2 aromatic heterocycles.